The summed E-state index contributed by atoms with van der Waals surface area (Å²) in [5.74, 6) is 0.359. The van der Waals surface area contributed by atoms with E-state index in [0.717, 1.165) is 19.4 Å². The molecular weight excluding hydrogens is 154 g/mol. The van der Waals surface area contributed by atoms with E-state index in [-0.39, 0.29) is 17.9 Å². The molecule has 1 rings (SSSR count). The number of likely N-dealkylation sites (tertiary alicyclic amines) is 1. The van der Waals surface area contributed by atoms with Crippen LogP contribution < -0.4 is 0 Å². The Morgan fingerprint density at radius 3 is 2.92 bits per heavy atom. The van der Waals surface area contributed by atoms with Crippen LogP contribution in [0.4, 0.5) is 0 Å². The second-order valence-corrected chi connectivity index (χ2v) is 3.54. The van der Waals surface area contributed by atoms with Crippen LogP contribution >= 0.6 is 0 Å². The molecule has 0 saturated carbocycles. The molecule has 3 heteroatoms. The minimum atomic E-state index is -0.289. The average molecular weight is 171 g/mol. The second kappa shape index (κ2) is 3.90. The molecule has 1 heterocycles. The number of hydrogen-bond acceptors (Lipinski definition) is 2. The number of carbonyl (C=O) groups excluding carboxylic acids is 1. The third-order valence-corrected chi connectivity index (χ3v) is 2.66. The van der Waals surface area contributed by atoms with Crippen LogP contribution in [-0.2, 0) is 4.79 Å². The number of rotatable bonds is 2. The summed E-state index contributed by atoms with van der Waals surface area (Å²) in [4.78, 5) is 13.0. The smallest absolute Gasteiger partial charge is 0.222 e. The third kappa shape index (κ3) is 1.97. The van der Waals surface area contributed by atoms with E-state index in [2.05, 4.69) is 0 Å². The molecular formula is C9H17NO2. The Labute approximate surface area is 73.4 Å². The van der Waals surface area contributed by atoms with Crippen molar-refractivity contribution < 1.29 is 9.90 Å². The van der Waals surface area contributed by atoms with E-state index in [9.17, 15) is 9.90 Å². The van der Waals surface area contributed by atoms with Gasteiger partial charge in [0, 0.05) is 20.0 Å². The van der Waals surface area contributed by atoms with Crippen molar-refractivity contribution in [3.63, 3.8) is 0 Å². The third-order valence-electron chi connectivity index (χ3n) is 2.66. The molecule has 1 saturated heterocycles. The average Bonchev–Trinajstić information content (AvgIpc) is 2.08. The molecule has 1 aliphatic rings. The molecule has 0 aromatic carbocycles. The van der Waals surface area contributed by atoms with E-state index in [0.29, 0.717) is 6.42 Å². The predicted octanol–water partition coefficient (Wildman–Crippen LogP) is 0.626. The Hall–Kier alpha value is -0.570. The molecule has 2 unspecified atom stereocenters. The van der Waals surface area contributed by atoms with Gasteiger partial charge in [0.1, 0.15) is 0 Å². The summed E-state index contributed by atoms with van der Waals surface area (Å²) in [6.07, 6.45) is 1.92. The second-order valence-electron chi connectivity index (χ2n) is 3.54. The summed E-state index contributed by atoms with van der Waals surface area (Å²) in [6.45, 7) is 2.74. The summed E-state index contributed by atoms with van der Waals surface area (Å²) < 4.78 is 0. The molecule has 70 valence electrons. The highest BCUT2D eigenvalue weighted by molar-refractivity contribution is 5.76. The lowest BCUT2D eigenvalue weighted by atomic mass is 9.90. The fraction of sp³-hybridized carbons (Fsp3) is 0.889. The Morgan fingerprint density at radius 1 is 1.75 bits per heavy atom. The molecule has 2 atom stereocenters. The molecule has 0 bridgehead atoms. The van der Waals surface area contributed by atoms with Crippen LogP contribution in [-0.4, -0.2) is 35.6 Å². The van der Waals surface area contributed by atoms with Gasteiger partial charge in [-0.05, 0) is 18.8 Å². The van der Waals surface area contributed by atoms with E-state index in [4.69, 9.17) is 0 Å². The first-order valence-electron chi connectivity index (χ1n) is 4.57. The maximum Gasteiger partial charge on any atom is 0.222 e. The molecule has 0 aromatic heterocycles. The normalized spacial score (nSPS) is 27.4. The van der Waals surface area contributed by atoms with Crippen molar-refractivity contribution in [1.82, 2.24) is 4.90 Å². The standard InChI is InChI=1S/C9H17NO2/c1-3-8(11)7-4-5-10(2)9(12)6-7/h7-8,11H,3-6H2,1-2H3. The Bertz CT molecular complexity index is 170. The van der Waals surface area contributed by atoms with Gasteiger partial charge in [-0.15, -0.1) is 0 Å². The van der Waals surface area contributed by atoms with Gasteiger partial charge < -0.3 is 10.0 Å². The summed E-state index contributed by atoms with van der Waals surface area (Å²) in [5.41, 5.74) is 0. The zero-order valence-electron chi connectivity index (χ0n) is 7.79. The fourth-order valence-corrected chi connectivity index (χ4v) is 1.63. The highest BCUT2D eigenvalue weighted by Gasteiger charge is 2.27. The first kappa shape index (κ1) is 9.52. The molecule has 0 radical (unpaired) electrons. The minimum absolute atomic E-state index is 0.166. The first-order chi connectivity index (χ1) is 5.65. The van der Waals surface area contributed by atoms with Gasteiger partial charge >= 0.3 is 0 Å². The predicted molar refractivity (Wildman–Crippen MR) is 46.7 cm³/mol. The van der Waals surface area contributed by atoms with Crippen LogP contribution in [0.1, 0.15) is 26.2 Å². The van der Waals surface area contributed by atoms with Crippen molar-refractivity contribution in [3.8, 4) is 0 Å². The lowest BCUT2D eigenvalue weighted by molar-refractivity contribution is -0.135. The summed E-state index contributed by atoms with van der Waals surface area (Å²) in [7, 11) is 1.82. The molecule has 0 aromatic rings. The van der Waals surface area contributed by atoms with E-state index in [1.54, 1.807) is 4.90 Å². The number of aliphatic hydroxyl groups is 1. The molecule has 0 aliphatic carbocycles. The van der Waals surface area contributed by atoms with Crippen molar-refractivity contribution in [2.24, 2.45) is 5.92 Å². The highest BCUT2D eigenvalue weighted by Crippen LogP contribution is 2.22. The van der Waals surface area contributed by atoms with Crippen molar-refractivity contribution in [3.05, 3.63) is 0 Å². The van der Waals surface area contributed by atoms with Crippen molar-refractivity contribution in [2.75, 3.05) is 13.6 Å². The maximum absolute atomic E-state index is 11.2. The molecule has 12 heavy (non-hydrogen) atoms. The van der Waals surface area contributed by atoms with Crippen LogP contribution in [0, 0.1) is 5.92 Å². The van der Waals surface area contributed by atoms with Crippen LogP contribution in [0.25, 0.3) is 0 Å². The van der Waals surface area contributed by atoms with Crippen LogP contribution in [0.2, 0.25) is 0 Å². The van der Waals surface area contributed by atoms with Gasteiger partial charge in [-0.25, -0.2) is 0 Å². The van der Waals surface area contributed by atoms with E-state index in [1.807, 2.05) is 14.0 Å². The number of aliphatic hydroxyl groups excluding tert-OH is 1. The molecule has 1 aliphatic heterocycles. The van der Waals surface area contributed by atoms with E-state index < -0.39 is 0 Å². The van der Waals surface area contributed by atoms with Gasteiger partial charge in [0.2, 0.25) is 5.91 Å². The largest absolute Gasteiger partial charge is 0.393 e. The van der Waals surface area contributed by atoms with Crippen molar-refractivity contribution in [1.29, 1.82) is 0 Å². The number of carbonyl (C=O) groups is 1. The van der Waals surface area contributed by atoms with Crippen LogP contribution in [0.15, 0.2) is 0 Å². The molecule has 1 N–H and O–H groups in total. The lowest BCUT2D eigenvalue weighted by Gasteiger charge is -2.31. The zero-order valence-corrected chi connectivity index (χ0v) is 7.79. The molecule has 1 amide bonds. The quantitative estimate of drug-likeness (QED) is 0.662. The van der Waals surface area contributed by atoms with E-state index >= 15 is 0 Å². The lowest BCUT2D eigenvalue weighted by Crippen LogP contribution is -2.39. The minimum Gasteiger partial charge on any atom is -0.393 e. The summed E-state index contributed by atoms with van der Waals surface area (Å²) in [6, 6.07) is 0. The van der Waals surface area contributed by atoms with Crippen molar-refractivity contribution >= 4 is 5.91 Å². The van der Waals surface area contributed by atoms with Gasteiger partial charge in [-0.1, -0.05) is 6.92 Å². The van der Waals surface area contributed by atoms with Crippen LogP contribution in [0.3, 0.4) is 0 Å². The SMILES string of the molecule is CCC(O)C1CCN(C)C(=O)C1. The number of amides is 1. The Kier molecular flexibility index (Phi) is 3.09. The molecule has 3 nitrogen and oxygen atoms in total. The number of hydrogen-bond donors (Lipinski definition) is 1. The van der Waals surface area contributed by atoms with E-state index in [1.165, 1.54) is 0 Å². The summed E-state index contributed by atoms with van der Waals surface area (Å²) in [5, 5.41) is 9.52. The number of piperidine rings is 1. The monoisotopic (exact) mass is 171 g/mol. The van der Waals surface area contributed by atoms with Gasteiger partial charge in [0.05, 0.1) is 6.10 Å². The van der Waals surface area contributed by atoms with Crippen molar-refractivity contribution in [2.45, 2.75) is 32.3 Å². The van der Waals surface area contributed by atoms with Gasteiger partial charge in [0.15, 0.2) is 0 Å². The topological polar surface area (TPSA) is 40.5 Å². The summed E-state index contributed by atoms with van der Waals surface area (Å²) >= 11 is 0. The van der Waals surface area contributed by atoms with Crippen LogP contribution in [0.5, 0.6) is 0 Å². The maximum atomic E-state index is 11.2. The van der Waals surface area contributed by atoms with Gasteiger partial charge in [0.25, 0.3) is 0 Å². The van der Waals surface area contributed by atoms with Gasteiger partial charge in [-0.3, -0.25) is 4.79 Å². The molecule has 1 fully saturated rings. The fourth-order valence-electron chi connectivity index (χ4n) is 1.63. The van der Waals surface area contributed by atoms with Gasteiger partial charge in [-0.2, -0.15) is 0 Å². The highest BCUT2D eigenvalue weighted by atomic mass is 16.3. The number of nitrogens with zero attached hydrogens (tertiary/aromatic N) is 1. The molecule has 0 spiro atoms. The first-order valence-corrected chi connectivity index (χ1v) is 4.57. The Balaban J connectivity index is 2.45. The zero-order chi connectivity index (χ0) is 9.14. The Morgan fingerprint density at radius 2 is 2.42 bits per heavy atom.